The number of esters is 4. The van der Waals surface area contributed by atoms with Crippen molar-refractivity contribution in [1.82, 2.24) is 9.80 Å². The van der Waals surface area contributed by atoms with Gasteiger partial charge in [0, 0.05) is 45.4 Å². The fraction of sp³-hybridized carbons (Fsp3) is 0.667. The van der Waals surface area contributed by atoms with Gasteiger partial charge in [-0.2, -0.15) is 0 Å². The molecule has 2 heterocycles. The molecule has 2 unspecified atom stereocenters. The zero-order valence-electron chi connectivity index (χ0n) is 32.3. The lowest BCUT2D eigenvalue weighted by molar-refractivity contribution is -0.161. The van der Waals surface area contributed by atoms with E-state index in [1.165, 1.54) is 20.8 Å². The molecule has 0 saturated carbocycles. The molecule has 18 nitrogen and oxygen atoms in total. The average molecular weight is 773 g/mol. The van der Waals surface area contributed by atoms with Crippen molar-refractivity contribution < 1.29 is 76.3 Å². The van der Waals surface area contributed by atoms with Crippen LogP contribution in [0.5, 0.6) is 0 Å². The van der Waals surface area contributed by atoms with Crippen molar-refractivity contribution in [2.75, 3.05) is 65.8 Å². The quantitative estimate of drug-likeness (QED) is 0.0602. The van der Waals surface area contributed by atoms with Crippen molar-refractivity contribution >= 4 is 48.0 Å². The Labute approximate surface area is 316 Å². The van der Waals surface area contributed by atoms with E-state index in [1.807, 2.05) is 6.92 Å². The van der Waals surface area contributed by atoms with Crippen molar-refractivity contribution in [3.8, 4) is 0 Å². The molecule has 0 aliphatic carbocycles. The maximum atomic E-state index is 12.3. The summed E-state index contributed by atoms with van der Waals surface area (Å²) < 4.78 is 38.4. The van der Waals surface area contributed by atoms with E-state index in [0.29, 0.717) is 51.9 Å². The van der Waals surface area contributed by atoms with Gasteiger partial charge in [0.1, 0.15) is 45.7 Å². The topological polar surface area (TPSA) is 217 Å². The summed E-state index contributed by atoms with van der Waals surface area (Å²) in [6.07, 6.45) is 2.57. The Morgan fingerprint density at radius 2 is 1.19 bits per heavy atom. The van der Waals surface area contributed by atoms with Crippen LogP contribution in [0, 0.1) is 5.41 Å². The number of rotatable bonds is 19. The van der Waals surface area contributed by atoms with Gasteiger partial charge < -0.3 is 47.7 Å². The molecule has 2 fully saturated rings. The first-order valence-electron chi connectivity index (χ1n) is 17.6. The number of carbonyl (C=O) groups excluding carboxylic acids is 8. The molecule has 0 bridgehead atoms. The SMILES string of the molecule is C=C(C)C(=O)OCCOC(=O)OCCN1CCCC1=O.C=COC(C)=O.CCC(C)(CC(C)OC(C)=O)C(=O)OCCOC(=O)OCCN1CCCC1=O. The summed E-state index contributed by atoms with van der Waals surface area (Å²) in [6.45, 7) is 17.9. The van der Waals surface area contributed by atoms with Crippen molar-refractivity contribution in [3.05, 3.63) is 25.0 Å². The summed E-state index contributed by atoms with van der Waals surface area (Å²) >= 11 is 0. The van der Waals surface area contributed by atoms with Crippen LogP contribution in [-0.2, 0) is 66.7 Å². The molecule has 2 rings (SSSR count). The van der Waals surface area contributed by atoms with Gasteiger partial charge in [0.2, 0.25) is 11.8 Å². The van der Waals surface area contributed by atoms with E-state index in [1.54, 1.807) is 23.6 Å². The molecular formula is C36H56N2O16. The second-order valence-corrected chi connectivity index (χ2v) is 12.2. The molecule has 0 aromatic rings. The fourth-order valence-electron chi connectivity index (χ4n) is 4.71. The molecule has 2 atom stereocenters. The highest BCUT2D eigenvalue weighted by molar-refractivity contribution is 5.86. The minimum Gasteiger partial charge on any atom is -0.463 e. The van der Waals surface area contributed by atoms with Crippen LogP contribution in [0.25, 0.3) is 0 Å². The molecule has 0 spiro atoms. The minimum absolute atomic E-state index is 0.0502. The molecule has 2 aliphatic rings. The molecule has 0 N–H and O–H groups in total. The highest BCUT2D eigenvalue weighted by atomic mass is 16.7. The largest absolute Gasteiger partial charge is 0.508 e. The fourth-order valence-corrected chi connectivity index (χ4v) is 4.71. The average Bonchev–Trinajstić information content (AvgIpc) is 3.71. The van der Waals surface area contributed by atoms with Crippen molar-refractivity contribution in [2.45, 2.75) is 86.2 Å². The van der Waals surface area contributed by atoms with E-state index >= 15 is 0 Å². The molecular weight excluding hydrogens is 716 g/mol. The van der Waals surface area contributed by atoms with Crippen LogP contribution < -0.4 is 0 Å². The summed E-state index contributed by atoms with van der Waals surface area (Å²) in [5.41, 5.74) is -0.527. The van der Waals surface area contributed by atoms with E-state index < -0.39 is 41.7 Å². The molecule has 2 amide bonds. The monoisotopic (exact) mass is 772 g/mol. The molecule has 0 aromatic carbocycles. The summed E-state index contributed by atoms with van der Waals surface area (Å²) in [5, 5.41) is 0. The summed E-state index contributed by atoms with van der Waals surface area (Å²) in [6, 6.07) is 0. The zero-order valence-corrected chi connectivity index (χ0v) is 32.3. The standard InChI is InChI=1S/C19H31NO8.C13H19NO6.C4H6O2/c1-5-19(4,13-14(2)28-15(3)21)17(23)25-11-12-27-18(24)26-10-9-20-8-6-7-16(20)22;1-10(2)12(16)18-8-9-20-13(17)19-7-6-14-5-3-4-11(14)15;1-3-6-4(2)5/h14H,5-13H2,1-4H3;1,3-9H2,2H3;3H,1H2,2H3. The van der Waals surface area contributed by atoms with Crippen LogP contribution in [0.2, 0.25) is 0 Å². The Kier molecular flexibility index (Phi) is 24.8. The Morgan fingerprint density at radius 3 is 1.54 bits per heavy atom. The van der Waals surface area contributed by atoms with E-state index in [4.69, 9.17) is 33.2 Å². The van der Waals surface area contributed by atoms with Crippen LogP contribution in [0.3, 0.4) is 0 Å². The van der Waals surface area contributed by atoms with Gasteiger partial charge in [-0.25, -0.2) is 14.4 Å². The van der Waals surface area contributed by atoms with Crippen LogP contribution in [0.1, 0.15) is 80.1 Å². The van der Waals surface area contributed by atoms with Gasteiger partial charge in [0.15, 0.2) is 0 Å². The number of likely N-dealkylation sites (tertiary alicyclic amines) is 2. The van der Waals surface area contributed by atoms with Gasteiger partial charge in [-0.3, -0.25) is 24.0 Å². The van der Waals surface area contributed by atoms with E-state index in [9.17, 15) is 38.4 Å². The highest BCUT2D eigenvalue weighted by Gasteiger charge is 2.35. The number of ether oxygens (including phenoxy) is 8. The number of carbonyl (C=O) groups is 8. The van der Waals surface area contributed by atoms with Crippen LogP contribution >= 0.6 is 0 Å². The third kappa shape index (κ3) is 22.7. The van der Waals surface area contributed by atoms with Crippen molar-refractivity contribution in [1.29, 1.82) is 0 Å². The maximum absolute atomic E-state index is 12.3. The Balaban J connectivity index is 0.000000938. The molecule has 2 aliphatic heterocycles. The van der Waals surface area contributed by atoms with Crippen LogP contribution in [0.15, 0.2) is 25.0 Å². The van der Waals surface area contributed by atoms with Gasteiger partial charge in [-0.1, -0.05) is 20.1 Å². The summed E-state index contributed by atoms with van der Waals surface area (Å²) in [5.74, 6) is -1.57. The van der Waals surface area contributed by atoms with Crippen LogP contribution in [0.4, 0.5) is 9.59 Å². The van der Waals surface area contributed by atoms with E-state index in [0.717, 1.165) is 19.1 Å². The van der Waals surface area contributed by atoms with Gasteiger partial charge in [0.05, 0.1) is 24.8 Å². The van der Waals surface area contributed by atoms with Crippen LogP contribution in [-0.4, -0.2) is 130 Å². The first-order chi connectivity index (χ1) is 25.4. The lowest BCUT2D eigenvalue weighted by Crippen LogP contribution is -2.34. The molecule has 2 saturated heterocycles. The molecule has 306 valence electrons. The normalized spacial score (nSPS) is 14.7. The Hall–Kier alpha value is -5.16. The van der Waals surface area contributed by atoms with Crippen molar-refractivity contribution in [3.63, 3.8) is 0 Å². The number of amides is 2. The first kappa shape index (κ1) is 48.8. The van der Waals surface area contributed by atoms with E-state index in [2.05, 4.69) is 17.9 Å². The summed E-state index contributed by atoms with van der Waals surface area (Å²) in [7, 11) is 0. The predicted octanol–water partition coefficient (Wildman–Crippen LogP) is 3.64. The Morgan fingerprint density at radius 1 is 0.741 bits per heavy atom. The zero-order chi connectivity index (χ0) is 41.1. The molecule has 0 aromatic heterocycles. The lowest BCUT2D eigenvalue weighted by atomic mass is 9.82. The minimum atomic E-state index is -0.871. The number of nitrogens with zero attached hydrogens (tertiary/aromatic N) is 2. The number of hydrogen-bond acceptors (Lipinski definition) is 16. The van der Waals surface area contributed by atoms with Gasteiger partial charge >= 0.3 is 36.2 Å². The van der Waals surface area contributed by atoms with Crippen molar-refractivity contribution in [2.24, 2.45) is 5.41 Å². The third-order valence-corrected chi connectivity index (χ3v) is 7.55. The maximum Gasteiger partial charge on any atom is 0.508 e. The first-order valence-corrected chi connectivity index (χ1v) is 17.6. The number of hydrogen-bond donors (Lipinski definition) is 0. The second kappa shape index (κ2) is 27.4. The second-order valence-electron chi connectivity index (χ2n) is 12.2. The molecule has 54 heavy (non-hydrogen) atoms. The van der Waals surface area contributed by atoms with Gasteiger partial charge in [-0.15, -0.1) is 0 Å². The lowest BCUT2D eigenvalue weighted by Gasteiger charge is -2.28. The highest BCUT2D eigenvalue weighted by Crippen LogP contribution is 2.30. The molecule has 0 radical (unpaired) electrons. The Bertz CT molecular complexity index is 1280. The van der Waals surface area contributed by atoms with Gasteiger partial charge in [0.25, 0.3) is 0 Å². The van der Waals surface area contributed by atoms with Gasteiger partial charge in [-0.05, 0) is 46.5 Å². The molecule has 18 heteroatoms. The summed E-state index contributed by atoms with van der Waals surface area (Å²) in [4.78, 5) is 92.8. The van der Waals surface area contributed by atoms with E-state index in [-0.39, 0.29) is 63.0 Å². The predicted molar refractivity (Wildman–Crippen MR) is 189 cm³/mol. The third-order valence-electron chi connectivity index (χ3n) is 7.55. The smallest absolute Gasteiger partial charge is 0.463 e.